The summed E-state index contributed by atoms with van der Waals surface area (Å²) < 4.78 is 27.7. The Hall–Kier alpha value is -0.170. The van der Waals surface area contributed by atoms with Crippen LogP contribution in [0.15, 0.2) is 0 Å². The molecule has 0 saturated carbocycles. The van der Waals surface area contributed by atoms with Gasteiger partial charge >= 0.3 is 0 Å². The Morgan fingerprint density at radius 2 is 2.17 bits per heavy atom. The van der Waals surface area contributed by atoms with Crippen molar-refractivity contribution in [2.45, 2.75) is 20.0 Å². The van der Waals surface area contributed by atoms with Crippen LogP contribution in [0.4, 0.5) is 0 Å². The molecule has 5 nitrogen and oxygen atoms in total. The molecule has 0 aromatic heterocycles. The van der Waals surface area contributed by atoms with E-state index in [0.29, 0.717) is 13.1 Å². The Kier molecular flexibility index (Phi) is 4.12. The highest BCUT2D eigenvalue weighted by molar-refractivity contribution is 7.86. The second-order valence-electron chi connectivity index (χ2n) is 2.55. The van der Waals surface area contributed by atoms with Gasteiger partial charge < -0.3 is 4.74 Å². The van der Waals surface area contributed by atoms with Crippen LogP contribution in [-0.4, -0.2) is 39.0 Å². The van der Waals surface area contributed by atoms with E-state index in [1.165, 1.54) is 4.31 Å². The van der Waals surface area contributed by atoms with E-state index in [1.807, 2.05) is 0 Å². The zero-order chi connectivity index (χ0) is 8.48. The molecule has 1 saturated heterocycles. The third kappa shape index (κ3) is 2.71. The van der Waals surface area contributed by atoms with Crippen LogP contribution in [0.2, 0.25) is 0 Å². The highest BCUT2D eigenvalue weighted by Gasteiger charge is 2.28. The van der Waals surface area contributed by atoms with Crippen LogP contribution in [0.3, 0.4) is 0 Å². The van der Waals surface area contributed by atoms with Crippen molar-refractivity contribution >= 4 is 10.2 Å². The molecule has 0 aliphatic carbocycles. The second-order valence-corrected chi connectivity index (χ2v) is 4.10. The lowest BCUT2D eigenvalue weighted by molar-refractivity contribution is 0.115. The van der Waals surface area contributed by atoms with Crippen molar-refractivity contribution in [3.63, 3.8) is 0 Å². The highest BCUT2D eigenvalue weighted by Crippen LogP contribution is 2.13. The van der Waals surface area contributed by atoms with E-state index in [-0.39, 0.29) is 13.5 Å². The van der Waals surface area contributed by atoms with E-state index in [4.69, 9.17) is 9.88 Å². The fraction of sp³-hybridized carbons (Fsp3) is 1.00. The molecule has 0 bridgehead atoms. The smallest absolute Gasteiger partial charge is 0.276 e. The third-order valence-electron chi connectivity index (χ3n) is 1.80. The predicted octanol–water partition coefficient (Wildman–Crippen LogP) is -0.453. The monoisotopic (exact) mass is 196 g/mol. The molecule has 2 N–H and O–H groups in total. The molecule has 1 rings (SSSR count). The third-order valence-corrected chi connectivity index (χ3v) is 2.85. The van der Waals surface area contributed by atoms with Crippen LogP contribution < -0.4 is 5.14 Å². The minimum absolute atomic E-state index is 0. The summed E-state index contributed by atoms with van der Waals surface area (Å²) in [5, 5.41) is 4.90. The van der Waals surface area contributed by atoms with E-state index < -0.39 is 10.2 Å². The second kappa shape index (κ2) is 4.18. The van der Waals surface area contributed by atoms with Crippen LogP contribution in [0.5, 0.6) is 0 Å². The normalized spacial score (nSPS) is 25.3. The van der Waals surface area contributed by atoms with E-state index in [9.17, 15) is 8.42 Å². The number of nitrogens with two attached hydrogens (primary N) is 1. The minimum atomic E-state index is -3.49. The average Bonchev–Trinajstić information content (AvgIpc) is 2.32. The Balaban J connectivity index is 0.00000121. The Bertz CT molecular complexity index is 227. The van der Waals surface area contributed by atoms with Gasteiger partial charge in [0.2, 0.25) is 0 Å². The van der Waals surface area contributed by atoms with E-state index >= 15 is 0 Å². The van der Waals surface area contributed by atoms with Gasteiger partial charge in [0, 0.05) is 20.2 Å². The number of nitrogens with zero attached hydrogens (tertiary/aromatic N) is 1. The van der Waals surface area contributed by atoms with E-state index in [0.717, 1.165) is 6.42 Å². The molecule has 12 heavy (non-hydrogen) atoms. The van der Waals surface area contributed by atoms with Gasteiger partial charge in [-0.3, -0.25) is 0 Å². The summed E-state index contributed by atoms with van der Waals surface area (Å²) in [6, 6.07) is 0. The Morgan fingerprint density at radius 1 is 1.58 bits per heavy atom. The first kappa shape index (κ1) is 11.8. The summed E-state index contributed by atoms with van der Waals surface area (Å²) in [7, 11) is -1.93. The largest absolute Gasteiger partial charge is 0.380 e. The summed E-state index contributed by atoms with van der Waals surface area (Å²) in [6.45, 7) is 0.854. The fourth-order valence-corrected chi connectivity index (χ4v) is 1.86. The maximum Gasteiger partial charge on any atom is 0.276 e. The van der Waals surface area contributed by atoms with Crippen LogP contribution in [0.25, 0.3) is 0 Å². The minimum Gasteiger partial charge on any atom is -0.380 e. The van der Waals surface area contributed by atoms with Crippen molar-refractivity contribution in [2.24, 2.45) is 5.14 Å². The van der Waals surface area contributed by atoms with Crippen LogP contribution in [0, 0.1) is 0 Å². The average molecular weight is 196 g/mol. The first-order valence-electron chi connectivity index (χ1n) is 3.34. The lowest BCUT2D eigenvalue weighted by Gasteiger charge is -2.11. The number of ether oxygens (including phenoxy) is 1. The van der Waals surface area contributed by atoms with Gasteiger partial charge in [0.05, 0.1) is 6.10 Å². The number of hydrogen-bond acceptors (Lipinski definition) is 3. The molecular formula is C6H16N2O3S. The molecule has 0 aromatic rings. The molecule has 6 heteroatoms. The van der Waals surface area contributed by atoms with Gasteiger partial charge in [0.25, 0.3) is 10.2 Å². The van der Waals surface area contributed by atoms with Crippen molar-refractivity contribution in [1.29, 1.82) is 0 Å². The van der Waals surface area contributed by atoms with Crippen LogP contribution in [-0.2, 0) is 14.9 Å². The number of rotatable bonds is 2. The molecule has 0 spiro atoms. The molecule has 1 fully saturated rings. The van der Waals surface area contributed by atoms with Gasteiger partial charge in [-0.25, -0.2) is 5.14 Å². The van der Waals surface area contributed by atoms with Crippen molar-refractivity contribution in [1.82, 2.24) is 4.31 Å². The predicted molar refractivity (Wildman–Crippen MR) is 46.8 cm³/mol. The quantitative estimate of drug-likeness (QED) is 0.650. The molecule has 1 unspecified atom stereocenters. The van der Waals surface area contributed by atoms with Gasteiger partial charge in [0.15, 0.2) is 0 Å². The molecule has 74 valence electrons. The highest BCUT2D eigenvalue weighted by atomic mass is 32.2. The van der Waals surface area contributed by atoms with Crippen LogP contribution >= 0.6 is 0 Å². The van der Waals surface area contributed by atoms with Gasteiger partial charge in [-0.15, -0.1) is 0 Å². The van der Waals surface area contributed by atoms with Gasteiger partial charge in [-0.2, -0.15) is 12.7 Å². The topological polar surface area (TPSA) is 72.6 Å². The van der Waals surface area contributed by atoms with E-state index in [1.54, 1.807) is 7.11 Å². The first-order valence-corrected chi connectivity index (χ1v) is 4.85. The molecular weight excluding hydrogens is 180 g/mol. The zero-order valence-corrected chi connectivity index (χ0v) is 7.17. The molecule has 0 amide bonds. The number of hydrogen-bond donors (Lipinski definition) is 1. The maximum atomic E-state index is 10.7. The Labute approximate surface area is 73.7 Å². The van der Waals surface area contributed by atoms with Crippen molar-refractivity contribution < 1.29 is 13.2 Å². The SMILES string of the molecule is C.COC1CCN(S(N)(=O)=O)C1. The standard InChI is InChI=1S/C5H12N2O3S.CH4/c1-10-5-2-3-7(4-5)11(6,8)9;/h5H,2-4H2,1H3,(H2,6,8,9);1H4. The van der Waals surface area contributed by atoms with Gasteiger partial charge in [-0.1, -0.05) is 7.43 Å². The summed E-state index contributed by atoms with van der Waals surface area (Å²) >= 11 is 0. The molecule has 0 aromatic carbocycles. The lowest BCUT2D eigenvalue weighted by Crippen LogP contribution is -2.35. The van der Waals surface area contributed by atoms with Gasteiger partial charge in [-0.05, 0) is 6.42 Å². The Morgan fingerprint density at radius 3 is 2.42 bits per heavy atom. The van der Waals surface area contributed by atoms with Crippen molar-refractivity contribution in [2.75, 3.05) is 20.2 Å². The van der Waals surface area contributed by atoms with E-state index in [2.05, 4.69) is 0 Å². The van der Waals surface area contributed by atoms with Crippen molar-refractivity contribution in [3.05, 3.63) is 0 Å². The molecule has 0 radical (unpaired) electrons. The zero-order valence-electron chi connectivity index (χ0n) is 6.36. The first-order chi connectivity index (χ1) is 5.04. The molecule has 1 atom stereocenters. The molecule has 1 aliphatic rings. The fourth-order valence-electron chi connectivity index (χ4n) is 1.12. The van der Waals surface area contributed by atoms with Gasteiger partial charge in [0.1, 0.15) is 0 Å². The summed E-state index contributed by atoms with van der Waals surface area (Å²) in [6.07, 6.45) is 0.737. The molecule has 1 aliphatic heterocycles. The van der Waals surface area contributed by atoms with Crippen LogP contribution in [0.1, 0.15) is 13.8 Å². The molecule has 1 heterocycles. The lowest BCUT2D eigenvalue weighted by atomic mass is 10.3. The summed E-state index contributed by atoms with van der Waals surface area (Å²) in [5.41, 5.74) is 0. The summed E-state index contributed by atoms with van der Waals surface area (Å²) in [4.78, 5) is 0. The maximum absolute atomic E-state index is 10.7. The number of methoxy groups -OCH3 is 1. The summed E-state index contributed by atoms with van der Waals surface area (Å²) in [5.74, 6) is 0. The van der Waals surface area contributed by atoms with Crippen molar-refractivity contribution in [3.8, 4) is 0 Å².